The number of hydrogen-bond acceptors (Lipinski definition) is 9. The van der Waals surface area contributed by atoms with Crippen molar-refractivity contribution in [2.24, 2.45) is 4.99 Å². The standard InChI is InChI=1S/C21H18N8O4/c1-32-16-8-11(6-7-22)2-5-15(16)33-21-26-17-12(9-14-18(30)27-20(31)25-14)10-23-29(17)19(28-21)24-13-3-4-13/h2,5,8-10,13,30H,3-4,6H2,1H3,(H2,25,27,31)/b12-9+,24-19?. The Bertz CT molecular complexity index is 1570. The third-order valence-electron chi connectivity index (χ3n) is 4.95. The van der Waals surface area contributed by atoms with Gasteiger partial charge in [0.15, 0.2) is 17.1 Å². The zero-order chi connectivity index (χ0) is 22.9. The zero-order valence-corrected chi connectivity index (χ0v) is 17.4. The van der Waals surface area contributed by atoms with Crippen LogP contribution in [-0.2, 0) is 6.42 Å². The number of H-pyrrole nitrogens is 2. The molecule has 0 aliphatic heterocycles. The van der Waals surface area contributed by atoms with Crippen LogP contribution >= 0.6 is 0 Å². The molecule has 0 spiro atoms. The van der Waals surface area contributed by atoms with Gasteiger partial charge < -0.3 is 19.6 Å². The van der Waals surface area contributed by atoms with Crippen molar-refractivity contribution < 1.29 is 14.6 Å². The Labute approximate surface area is 185 Å². The number of hydrogen-bond donors (Lipinski definition) is 3. The molecule has 166 valence electrons. The molecule has 1 saturated carbocycles. The predicted molar refractivity (Wildman–Crippen MR) is 114 cm³/mol. The van der Waals surface area contributed by atoms with Gasteiger partial charge in [-0.3, -0.25) is 4.98 Å². The Hall–Kier alpha value is -4.66. The van der Waals surface area contributed by atoms with Gasteiger partial charge in [0, 0.05) is 5.22 Å². The summed E-state index contributed by atoms with van der Waals surface area (Å²) in [7, 11) is 1.50. The molecule has 0 bridgehead atoms. The van der Waals surface area contributed by atoms with Crippen LogP contribution in [-0.4, -0.2) is 47.8 Å². The van der Waals surface area contributed by atoms with Gasteiger partial charge in [0.1, 0.15) is 5.69 Å². The summed E-state index contributed by atoms with van der Waals surface area (Å²) in [6, 6.07) is 7.45. The van der Waals surface area contributed by atoms with Crippen LogP contribution in [0.15, 0.2) is 34.2 Å². The summed E-state index contributed by atoms with van der Waals surface area (Å²) in [5, 5.41) is 23.6. The van der Waals surface area contributed by atoms with Crippen LogP contribution in [0.1, 0.15) is 24.1 Å². The minimum Gasteiger partial charge on any atom is -0.493 e. The topological polar surface area (TPSA) is 167 Å². The van der Waals surface area contributed by atoms with Crippen LogP contribution in [0.3, 0.4) is 0 Å². The lowest BCUT2D eigenvalue weighted by molar-refractivity contribution is 0.366. The monoisotopic (exact) mass is 446 g/mol. The van der Waals surface area contributed by atoms with Crippen molar-refractivity contribution in [1.82, 2.24) is 29.5 Å². The lowest BCUT2D eigenvalue weighted by atomic mass is 10.1. The molecule has 1 aliphatic rings. The van der Waals surface area contributed by atoms with Crippen molar-refractivity contribution in [2.75, 3.05) is 7.11 Å². The Balaban J connectivity index is 1.64. The van der Waals surface area contributed by atoms with Gasteiger partial charge in [0.05, 0.1) is 31.8 Å². The summed E-state index contributed by atoms with van der Waals surface area (Å²) in [5.41, 5.74) is 1.14. The molecule has 1 aliphatic carbocycles. The van der Waals surface area contributed by atoms with E-state index in [0.29, 0.717) is 28.0 Å². The molecule has 3 N–H and O–H groups in total. The molecule has 0 radical (unpaired) electrons. The summed E-state index contributed by atoms with van der Waals surface area (Å²) < 4.78 is 12.8. The summed E-state index contributed by atoms with van der Waals surface area (Å²) in [5.74, 6) is 0.510. The first-order chi connectivity index (χ1) is 16.0. The molecule has 1 aromatic carbocycles. The molecule has 4 aromatic rings. The van der Waals surface area contributed by atoms with Crippen LogP contribution < -0.4 is 26.0 Å². The van der Waals surface area contributed by atoms with Gasteiger partial charge in [0.2, 0.25) is 5.88 Å². The molecule has 33 heavy (non-hydrogen) atoms. The maximum absolute atomic E-state index is 11.5. The fourth-order valence-electron chi connectivity index (χ4n) is 3.20. The predicted octanol–water partition coefficient (Wildman–Crippen LogP) is 0.324. The SMILES string of the molecule is COc1cc(CC#N)ccc1Oc1nc(=NC2CC2)n2nc/c(=C\c3[nH]c(=O)[nH]c3O)c2n1. The summed E-state index contributed by atoms with van der Waals surface area (Å²) in [6.45, 7) is 0. The third-order valence-corrected chi connectivity index (χ3v) is 4.95. The van der Waals surface area contributed by atoms with Crippen molar-refractivity contribution in [1.29, 1.82) is 5.26 Å². The number of aromatic hydroxyl groups is 1. The van der Waals surface area contributed by atoms with Gasteiger partial charge >= 0.3 is 11.7 Å². The number of aromatic nitrogens is 6. The van der Waals surface area contributed by atoms with E-state index in [4.69, 9.17) is 14.7 Å². The van der Waals surface area contributed by atoms with E-state index in [-0.39, 0.29) is 30.0 Å². The Morgan fingerprint density at radius 2 is 2.18 bits per heavy atom. The number of nitriles is 1. The Kier molecular flexibility index (Phi) is 4.98. The van der Waals surface area contributed by atoms with Crippen molar-refractivity contribution in [3.63, 3.8) is 0 Å². The highest BCUT2D eigenvalue weighted by atomic mass is 16.5. The zero-order valence-electron chi connectivity index (χ0n) is 17.4. The van der Waals surface area contributed by atoms with Gasteiger partial charge in [-0.2, -0.15) is 24.8 Å². The normalized spacial score (nSPS) is 14.5. The minimum absolute atomic E-state index is 0.0233. The van der Waals surface area contributed by atoms with Crippen molar-refractivity contribution in [3.05, 3.63) is 57.0 Å². The second-order valence-corrected chi connectivity index (χ2v) is 7.41. The molecule has 3 aromatic heterocycles. The lowest BCUT2D eigenvalue weighted by Crippen LogP contribution is -2.23. The van der Waals surface area contributed by atoms with Gasteiger partial charge in [-0.05, 0) is 36.6 Å². The van der Waals surface area contributed by atoms with Gasteiger partial charge in [-0.1, -0.05) is 6.07 Å². The number of methoxy groups -OCH3 is 1. The highest BCUT2D eigenvalue weighted by molar-refractivity contribution is 5.56. The first kappa shape index (κ1) is 20.3. The molecule has 0 atom stereocenters. The van der Waals surface area contributed by atoms with E-state index in [0.717, 1.165) is 18.4 Å². The Morgan fingerprint density at radius 1 is 1.33 bits per heavy atom. The van der Waals surface area contributed by atoms with Crippen LogP contribution in [0.4, 0.5) is 0 Å². The number of imidazole rings is 1. The average Bonchev–Trinajstić information content (AvgIpc) is 3.43. The smallest absolute Gasteiger partial charge is 0.327 e. The highest BCUT2D eigenvalue weighted by Crippen LogP contribution is 2.31. The molecule has 0 amide bonds. The van der Waals surface area contributed by atoms with Gasteiger partial charge in [-0.15, -0.1) is 0 Å². The van der Waals surface area contributed by atoms with E-state index in [1.165, 1.54) is 23.9 Å². The third kappa shape index (κ3) is 4.11. The number of aromatic amines is 2. The van der Waals surface area contributed by atoms with Crippen molar-refractivity contribution >= 4 is 11.7 Å². The fraction of sp³-hybridized carbons (Fsp3) is 0.238. The van der Waals surface area contributed by atoms with E-state index in [1.807, 2.05) is 0 Å². The van der Waals surface area contributed by atoms with E-state index >= 15 is 0 Å². The van der Waals surface area contributed by atoms with Crippen molar-refractivity contribution in [3.8, 4) is 29.5 Å². The van der Waals surface area contributed by atoms with Gasteiger partial charge in [0.25, 0.3) is 5.62 Å². The summed E-state index contributed by atoms with van der Waals surface area (Å²) >= 11 is 0. The molecule has 12 heteroatoms. The summed E-state index contributed by atoms with van der Waals surface area (Å²) in [4.78, 5) is 29.7. The molecule has 1 fully saturated rings. The average molecular weight is 446 g/mol. The molecular weight excluding hydrogens is 428 g/mol. The number of benzene rings is 1. The second-order valence-electron chi connectivity index (χ2n) is 7.41. The molecule has 5 rings (SSSR count). The van der Waals surface area contributed by atoms with E-state index in [1.54, 1.807) is 18.2 Å². The number of rotatable bonds is 6. The fourth-order valence-corrected chi connectivity index (χ4v) is 3.20. The van der Waals surface area contributed by atoms with Crippen LogP contribution in [0, 0.1) is 11.3 Å². The molecule has 0 saturated heterocycles. The minimum atomic E-state index is -0.537. The van der Waals surface area contributed by atoms with Gasteiger partial charge in [-0.25, -0.2) is 9.79 Å². The van der Waals surface area contributed by atoms with Crippen LogP contribution in [0.2, 0.25) is 0 Å². The molecular formula is C21H18N8O4. The largest absolute Gasteiger partial charge is 0.493 e. The number of nitrogens with zero attached hydrogens (tertiary/aromatic N) is 6. The highest BCUT2D eigenvalue weighted by Gasteiger charge is 2.21. The van der Waals surface area contributed by atoms with E-state index in [2.05, 4.69) is 36.1 Å². The number of nitrogens with one attached hydrogen (secondary N) is 2. The number of ether oxygens (including phenoxy) is 2. The second kappa shape index (κ2) is 8.12. The molecule has 3 heterocycles. The first-order valence-electron chi connectivity index (χ1n) is 10.1. The molecule has 0 unspecified atom stereocenters. The maximum Gasteiger partial charge on any atom is 0.327 e. The van der Waals surface area contributed by atoms with E-state index in [9.17, 15) is 9.90 Å². The first-order valence-corrected chi connectivity index (χ1v) is 10.1. The Morgan fingerprint density at radius 3 is 2.88 bits per heavy atom. The quantitative estimate of drug-likeness (QED) is 0.381. The van der Waals surface area contributed by atoms with Crippen LogP contribution in [0.25, 0.3) is 11.7 Å². The number of fused-ring (bicyclic) bond motifs is 1. The summed E-state index contributed by atoms with van der Waals surface area (Å²) in [6.07, 6.45) is 5.24. The molecule has 12 nitrogen and oxygen atoms in total. The van der Waals surface area contributed by atoms with Crippen molar-refractivity contribution in [2.45, 2.75) is 25.3 Å². The maximum atomic E-state index is 11.5. The van der Waals surface area contributed by atoms with Crippen LogP contribution in [0.5, 0.6) is 23.4 Å². The van der Waals surface area contributed by atoms with E-state index < -0.39 is 5.69 Å². The lowest BCUT2D eigenvalue weighted by Gasteiger charge is -2.10.